The minimum Gasteiger partial charge on any atom is -0.462 e. The van der Waals surface area contributed by atoms with Gasteiger partial charge in [0, 0.05) is 19.4 Å². The van der Waals surface area contributed by atoms with Gasteiger partial charge in [-0.2, -0.15) is 0 Å². The molecule has 0 aromatic rings. The molecule has 0 fully saturated rings. The molecule has 2 atom stereocenters. The Morgan fingerprint density at radius 1 is 0.526 bits per heavy atom. The number of nitrogens with two attached hydrogens (primary N) is 1. The number of unbranched alkanes of at least 4 members (excludes halogenated alkanes) is 19. The highest BCUT2D eigenvalue weighted by atomic mass is 31.2. The molecule has 3 N–H and O–H groups in total. The van der Waals surface area contributed by atoms with Crippen LogP contribution in [0.25, 0.3) is 0 Å². The number of carbonyl (C=O) groups is 2. The van der Waals surface area contributed by atoms with Crippen LogP contribution in [0.5, 0.6) is 0 Å². The maximum absolute atomic E-state index is 12.6. The van der Waals surface area contributed by atoms with Gasteiger partial charge >= 0.3 is 19.8 Å². The van der Waals surface area contributed by atoms with E-state index in [9.17, 15) is 19.0 Å². The SMILES string of the molecule is CCCCC/C=C/C/C=C/C/C=C/C/C=C/C/C=C/CCC(=O)OC[C@H](COP(=O)(O)OCCN)OC(=O)CCCCCCCCCCCCCCCCCCC. The Morgan fingerprint density at radius 3 is 1.42 bits per heavy atom. The van der Waals surface area contributed by atoms with E-state index in [1.165, 1.54) is 109 Å². The van der Waals surface area contributed by atoms with E-state index in [2.05, 4.69) is 62.5 Å². The van der Waals surface area contributed by atoms with Crippen LogP contribution in [-0.4, -0.2) is 49.3 Å². The van der Waals surface area contributed by atoms with Gasteiger partial charge in [-0.15, -0.1) is 0 Å². The lowest BCUT2D eigenvalue weighted by Crippen LogP contribution is -2.29. The van der Waals surface area contributed by atoms with Crippen molar-refractivity contribution in [2.75, 3.05) is 26.4 Å². The summed E-state index contributed by atoms with van der Waals surface area (Å²) in [7, 11) is -4.39. The molecule has 9 nitrogen and oxygen atoms in total. The highest BCUT2D eigenvalue weighted by molar-refractivity contribution is 7.47. The van der Waals surface area contributed by atoms with Crippen molar-refractivity contribution in [2.24, 2.45) is 5.73 Å². The second-order valence-corrected chi connectivity index (χ2v) is 16.4. The third kappa shape index (κ3) is 43.1. The monoisotopic (exact) mass is 822 g/mol. The van der Waals surface area contributed by atoms with Crippen LogP contribution in [0.2, 0.25) is 0 Å². The zero-order chi connectivity index (χ0) is 41.8. The summed E-state index contributed by atoms with van der Waals surface area (Å²) in [6, 6.07) is 0. The van der Waals surface area contributed by atoms with Crippen LogP contribution < -0.4 is 5.73 Å². The molecule has 330 valence electrons. The van der Waals surface area contributed by atoms with Crippen LogP contribution in [0.1, 0.15) is 194 Å². The van der Waals surface area contributed by atoms with E-state index in [1.807, 2.05) is 12.2 Å². The summed E-state index contributed by atoms with van der Waals surface area (Å²) in [6.45, 7) is 3.63. The second kappa shape index (κ2) is 43.3. The Hall–Kier alpha value is -2.29. The van der Waals surface area contributed by atoms with Gasteiger partial charge in [-0.05, 0) is 51.4 Å². The summed E-state index contributed by atoms with van der Waals surface area (Å²) in [5.41, 5.74) is 5.35. The number of ether oxygens (including phenoxy) is 2. The quantitative estimate of drug-likeness (QED) is 0.0267. The molecule has 0 saturated heterocycles. The highest BCUT2D eigenvalue weighted by Crippen LogP contribution is 2.43. The molecule has 0 aliphatic heterocycles. The predicted octanol–water partition coefficient (Wildman–Crippen LogP) is 13.3. The zero-order valence-corrected chi connectivity index (χ0v) is 37.2. The molecular weight excluding hydrogens is 737 g/mol. The summed E-state index contributed by atoms with van der Waals surface area (Å²) in [5, 5.41) is 0. The predicted molar refractivity (Wildman–Crippen MR) is 238 cm³/mol. The van der Waals surface area contributed by atoms with Crippen LogP contribution in [0.3, 0.4) is 0 Å². The van der Waals surface area contributed by atoms with Crippen LogP contribution in [0, 0.1) is 0 Å². The first-order valence-electron chi connectivity index (χ1n) is 22.8. The molecule has 0 amide bonds. The Labute approximate surface area is 349 Å². The Kier molecular flexibility index (Phi) is 41.6. The minimum absolute atomic E-state index is 0.0430. The van der Waals surface area contributed by atoms with Crippen molar-refractivity contribution in [1.29, 1.82) is 0 Å². The summed E-state index contributed by atoms with van der Waals surface area (Å²) >= 11 is 0. The summed E-state index contributed by atoms with van der Waals surface area (Å²) in [5.74, 6) is -0.922. The van der Waals surface area contributed by atoms with Crippen molar-refractivity contribution in [1.82, 2.24) is 0 Å². The molecule has 0 aliphatic carbocycles. The molecule has 0 bridgehead atoms. The molecule has 1 unspecified atom stereocenters. The topological polar surface area (TPSA) is 134 Å². The van der Waals surface area contributed by atoms with Gasteiger partial charge in [0.1, 0.15) is 6.61 Å². The third-order valence-corrected chi connectivity index (χ3v) is 10.4. The van der Waals surface area contributed by atoms with Crippen molar-refractivity contribution in [2.45, 2.75) is 200 Å². The molecule has 10 heteroatoms. The zero-order valence-electron chi connectivity index (χ0n) is 36.3. The maximum atomic E-state index is 12.6. The normalized spacial score (nSPS) is 13.8. The smallest absolute Gasteiger partial charge is 0.462 e. The molecule has 0 heterocycles. The fourth-order valence-corrected chi connectivity index (χ4v) is 6.79. The van der Waals surface area contributed by atoms with Gasteiger partial charge in [-0.3, -0.25) is 18.6 Å². The van der Waals surface area contributed by atoms with Gasteiger partial charge < -0.3 is 20.1 Å². The fraction of sp³-hybridized carbons (Fsp3) is 0.745. The average Bonchev–Trinajstić information content (AvgIpc) is 3.20. The number of phosphoric ester groups is 1. The van der Waals surface area contributed by atoms with Gasteiger partial charge in [-0.25, -0.2) is 4.57 Å². The van der Waals surface area contributed by atoms with Crippen LogP contribution in [-0.2, 0) is 32.7 Å². The average molecular weight is 822 g/mol. The molecule has 0 rings (SSSR count). The highest BCUT2D eigenvalue weighted by Gasteiger charge is 2.25. The number of esters is 2. The Bertz CT molecular complexity index is 1120. The van der Waals surface area contributed by atoms with Gasteiger partial charge in [0.05, 0.1) is 13.2 Å². The number of hydrogen-bond donors (Lipinski definition) is 2. The minimum atomic E-state index is -4.39. The van der Waals surface area contributed by atoms with Crippen molar-refractivity contribution in [3.8, 4) is 0 Å². The first-order valence-corrected chi connectivity index (χ1v) is 24.3. The maximum Gasteiger partial charge on any atom is 0.472 e. The molecule has 0 aromatic heterocycles. The van der Waals surface area contributed by atoms with Gasteiger partial charge in [0.15, 0.2) is 6.10 Å². The second-order valence-electron chi connectivity index (χ2n) is 14.9. The number of rotatable bonds is 42. The van der Waals surface area contributed by atoms with Gasteiger partial charge in [0.25, 0.3) is 0 Å². The molecule has 57 heavy (non-hydrogen) atoms. The molecule has 0 radical (unpaired) electrons. The molecular formula is C47H84NO8P. The largest absolute Gasteiger partial charge is 0.472 e. The number of phosphoric acid groups is 1. The van der Waals surface area contributed by atoms with Crippen molar-refractivity contribution < 1.29 is 37.6 Å². The summed E-state index contributed by atoms with van der Waals surface area (Å²) < 4.78 is 32.7. The van der Waals surface area contributed by atoms with Crippen LogP contribution in [0.15, 0.2) is 60.8 Å². The molecule has 0 saturated carbocycles. The van der Waals surface area contributed by atoms with E-state index in [0.29, 0.717) is 12.8 Å². The molecule has 0 spiro atoms. The third-order valence-electron chi connectivity index (χ3n) is 9.42. The van der Waals surface area contributed by atoms with Crippen molar-refractivity contribution in [3.63, 3.8) is 0 Å². The van der Waals surface area contributed by atoms with Gasteiger partial charge in [0.2, 0.25) is 0 Å². The van der Waals surface area contributed by atoms with E-state index >= 15 is 0 Å². The first kappa shape index (κ1) is 54.7. The lowest BCUT2D eigenvalue weighted by atomic mass is 10.0. The van der Waals surface area contributed by atoms with Crippen LogP contribution >= 0.6 is 7.82 Å². The van der Waals surface area contributed by atoms with Crippen molar-refractivity contribution >= 4 is 19.8 Å². The first-order chi connectivity index (χ1) is 27.8. The number of hydrogen-bond acceptors (Lipinski definition) is 8. The van der Waals surface area contributed by atoms with Crippen molar-refractivity contribution in [3.05, 3.63) is 60.8 Å². The lowest BCUT2D eigenvalue weighted by Gasteiger charge is -2.19. The summed E-state index contributed by atoms with van der Waals surface area (Å²) in [4.78, 5) is 34.9. The van der Waals surface area contributed by atoms with Crippen LogP contribution in [0.4, 0.5) is 0 Å². The standard InChI is InChI=1S/C47H84NO8P/c1-3-5-7-9-11-13-15-17-19-21-22-24-25-27-29-31-33-35-37-39-46(49)53-43-45(44-55-57(51,52)54-42-41-48)56-47(50)40-38-36-34-32-30-28-26-23-20-18-16-14-12-10-8-6-4-2/h11,13,17,19,22,24,27,29,33,35,45H,3-10,12,14-16,18,20-21,23,25-26,28,30-32,34,36-44,48H2,1-2H3,(H,51,52)/b13-11+,19-17+,24-22+,29-27+,35-33+/t45-/m1/s1. The van der Waals surface area contributed by atoms with Gasteiger partial charge in [-0.1, -0.05) is 190 Å². The fourth-order valence-electron chi connectivity index (χ4n) is 6.03. The number of carbonyl (C=O) groups excluding carboxylic acids is 2. The van der Waals surface area contributed by atoms with E-state index < -0.39 is 32.5 Å². The van der Waals surface area contributed by atoms with E-state index in [4.69, 9.17) is 24.3 Å². The lowest BCUT2D eigenvalue weighted by molar-refractivity contribution is -0.161. The summed E-state index contributed by atoms with van der Waals surface area (Å²) in [6.07, 6.45) is 51.2. The van der Waals surface area contributed by atoms with E-state index in [1.54, 1.807) is 0 Å². The van der Waals surface area contributed by atoms with E-state index in [-0.39, 0.29) is 32.6 Å². The number of allylic oxidation sites excluding steroid dienone is 10. The molecule has 0 aromatic carbocycles. The molecule has 0 aliphatic rings. The Morgan fingerprint density at radius 2 is 0.947 bits per heavy atom. The van der Waals surface area contributed by atoms with E-state index in [0.717, 1.165) is 44.9 Å². The Balaban J connectivity index is 4.24.